The molecule has 0 saturated heterocycles. The van der Waals surface area contributed by atoms with E-state index in [1.807, 2.05) is 30.3 Å². The summed E-state index contributed by atoms with van der Waals surface area (Å²) >= 11 is 0. The van der Waals surface area contributed by atoms with Crippen molar-refractivity contribution in [3.05, 3.63) is 124 Å². The van der Waals surface area contributed by atoms with Gasteiger partial charge in [0.15, 0.2) is 17.3 Å². The normalized spacial score (nSPS) is 15.9. The number of rotatable bonds is 17. The lowest BCUT2D eigenvalue weighted by Crippen LogP contribution is -2.21. The van der Waals surface area contributed by atoms with Crippen LogP contribution in [-0.4, -0.2) is 51.2 Å². The molecule has 0 saturated carbocycles. The predicted molar refractivity (Wildman–Crippen MR) is 203 cm³/mol. The zero-order valence-electron chi connectivity index (χ0n) is 29.8. The molecule has 53 heavy (non-hydrogen) atoms. The first-order chi connectivity index (χ1) is 25.6. The fourth-order valence-corrected chi connectivity index (χ4v) is 6.48. The standard InChI is InChI=1S/C43H49N3O7/c44-43(45)31-14-16-34-30(25-31)7-6-10-38-35(19-21-46-38)41(52)26-36(34)37-23-29(12-17-39(37)50)20-22-53-42-24-28(13-18-40(42)51)11-15-32(48)8-4-2-1-3-5-9-33(49)27-47/h4,8,12-14,16-19,21,23-25,33,36,43,47,49-52H,1-3,5,9-11,15,20,22,26-27,44-45H2/p-1/b8-4+,41-35?/t33-,36+/m0/s1. The first-order valence-corrected chi connectivity index (χ1v) is 18.1. The second-order valence-corrected chi connectivity index (χ2v) is 13.5. The van der Waals surface area contributed by atoms with Gasteiger partial charge in [0, 0.05) is 36.1 Å². The number of aliphatic hydroxyl groups excluding tert-OH is 2. The number of aryl methyl sites for hydroxylation is 1. The van der Waals surface area contributed by atoms with Crippen LogP contribution in [0.5, 0.6) is 17.2 Å². The van der Waals surface area contributed by atoms with E-state index in [0.717, 1.165) is 42.4 Å². The number of fused-ring (bicyclic) bond motifs is 2. The minimum Gasteiger partial charge on any atom is -0.875 e. The fraction of sp³-hybridized carbons (Fsp3) is 0.349. The van der Waals surface area contributed by atoms with Crippen molar-refractivity contribution in [2.24, 2.45) is 16.5 Å². The maximum absolute atomic E-state index is 13.6. The van der Waals surface area contributed by atoms with Crippen molar-refractivity contribution in [1.29, 1.82) is 0 Å². The zero-order chi connectivity index (χ0) is 37.7. The van der Waals surface area contributed by atoms with Crippen molar-refractivity contribution in [2.75, 3.05) is 13.2 Å². The number of hydrogen-bond donors (Lipinski definition) is 6. The highest BCUT2D eigenvalue weighted by atomic mass is 16.5. The molecule has 2 atom stereocenters. The van der Waals surface area contributed by atoms with Crippen molar-refractivity contribution < 1.29 is 35.1 Å². The molecule has 0 fully saturated rings. The van der Waals surface area contributed by atoms with Gasteiger partial charge in [-0.3, -0.25) is 9.79 Å². The van der Waals surface area contributed by atoms with E-state index < -0.39 is 18.2 Å². The summed E-state index contributed by atoms with van der Waals surface area (Å²) in [5, 5.41) is 53.6. The zero-order valence-corrected chi connectivity index (χ0v) is 29.8. The molecule has 1 aliphatic heterocycles. The van der Waals surface area contributed by atoms with E-state index in [4.69, 9.17) is 21.3 Å². The summed E-state index contributed by atoms with van der Waals surface area (Å²) in [6, 6.07) is 15.9. The lowest BCUT2D eigenvalue weighted by atomic mass is 9.82. The van der Waals surface area contributed by atoms with Gasteiger partial charge in [-0.05, 0) is 96.3 Å². The maximum Gasteiger partial charge on any atom is 0.161 e. The van der Waals surface area contributed by atoms with Crippen molar-refractivity contribution in [1.82, 2.24) is 0 Å². The number of allylic oxidation sites excluding steroid dienone is 5. The number of benzene rings is 3. The third-order valence-electron chi connectivity index (χ3n) is 9.51. The van der Waals surface area contributed by atoms with Gasteiger partial charge in [0.2, 0.25) is 0 Å². The molecule has 0 amide bonds. The molecule has 0 unspecified atom stereocenters. The fourth-order valence-electron chi connectivity index (χ4n) is 6.48. The number of phenols is 2. The van der Waals surface area contributed by atoms with Crippen LogP contribution in [-0.2, 0) is 17.6 Å². The summed E-state index contributed by atoms with van der Waals surface area (Å²) < 4.78 is 6.00. The van der Waals surface area contributed by atoms with Crippen LogP contribution in [0.2, 0.25) is 0 Å². The molecule has 3 aromatic rings. The van der Waals surface area contributed by atoms with E-state index in [9.17, 15) is 25.2 Å². The molecule has 10 heteroatoms. The summed E-state index contributed by atoms with van der Waals surface area (Å²) in [5.74, 6) is 6.14. The topological polar surface area (TPSA) is 195 Å². The molecule has 3 aromatic carbocycles. The molecular weight excluding hydrogens is 670 g/mol. The van der Waals surface area contributed by atoms with Crippen molar-refractivity contribution in [3.8, 4) is 29.1 Å². The smallest absolute Gasteiger partial charge is 0.161 e. The highest BCUT2D eigenvalue weighted by molar-refractivity contribution is 6.06. The molecule has 0 spiro atoms. The Labute approximate surface area is 310 Å². The molecule has 2 aliphatic rings. The number of carbonyl (C=O) groups is 1. The van der Waals surface area contributed by atoms with Gasteiger partial charge in [-0.15, -0.1) is 5.76 Å². The Balaban J connectivity index is 1.23. The van der Waals surface area contributed by atoms with E-state index in [1.54, 1.807) is 48.7 Å². The maximum atomic E-state index is 13.6. The van der Waals surface area contributed by atoms with Gasteiger partial charge in [0.05, 0.1) is 37.6 Å². The Morgan fingerprint density at radius 3 is 2.58 bits per heavy atom. The number of aliphatic hydroxyl groups is 2. The number of phenolic OH excluding ortho intramolecular Hbond substituents is 2. The Morgan fingerprint density at radius 1 is 1.00 bits per heavy atom. The number of nitrogens with zero attached hydrogens (tertiary/aromatic N) is 1. The number of aliphatic imine (C=N–C) groups is 1. The molecule has 0 bridgehead atoms. The second-order valence-electron chi connectivity index (χ2n) is 13.5. The number of nitrogens with two attached hydrogens (primary N) is 2. The number of ketones is 1. The average Bonchev–Trinajstić information content (AvgIpc) is 3.63. The summed E-state index contributed by atoms with van der Waals surface area (Å²) in [5.41, 5.74) is 17.6. The second kappa shape index (κ2) is 19.1. The van der Waals surface area contributed by atoms with Gasteiger partial charge in [-0.25, -0.2) is 0 Å². The number of unbranched alkanes of at least 4 members (excludes halogenated alkanes) is 3. The van der Waals surface area contributed by atoms with Gasteiger partial charge in [0.25, 0.3) is 0 Å². The van der Waals surface area contributed by atoms with Crippen LogP contribution in [0.15, 0.2) is 95.3 Å². The summed E-state index contributed by atoms with van der Waals surface area (Å²) in [6.07, 6.45) is 11.2. The van der Waals surface area contributed by atoms with E-state index in [0.29, 0.717) is 65.8 Å². The van der Waals surface area contributed by atoms with Crippen LogP contribution in [0.3, 0.4) is 0 Å². The number of aromatic hydroxyl groups is 2. The van der Waals surface area contributed by atoms with Gasteiger partial charge in [-0.2, -0.15) is 0 Å². The van der Waals surface area contributed by atoms with Crippen LogP contribution in [0.4, 0.5) is 0 Å². The van der Waals surface area contributed by atoms with Gasteiger partial charge in [0.1, 0.15) is 5.75 Å². The SMILES string of the molecule is NC(N)c1ccc2c(c1)C#CCC1=NC=CC1=C([O-])C[C@H]2c1cc(CCOc2cc(CCC(=O)/C=C/CCCCC[C@H](O)CO)ccc2O)ccc1O. The molecule has 1 aliphatic carbocycles. The van der Waals surface area contributed by atoms with Gasteiger partial charge in [-0.1, -0.05) is 61.1 Å². The highest BCUT2D eigenvalue weighted by Crippen LogP contribution is 2.39. The number of ether oxygens (including phenoxy) is 1. The van der Waals surface area contributed by atoms with Crippen LogP contribution < -0.4 is 21.3 Å². The van der Waals surface area contributed by atoms with E-state index in [-0.39, 0.29) is 42.7 Å². The first kappa shape index (κ1) is 39.0. The third-order valence-corrected chi connectivity index (χ3v) is 9.51. The van der Waals surface area contributed by atoms with Crippen LogP contribution >= 0.6 is 0 Å². The van der Waals surface area contributed by atoms with Crippen LogP contribution in [0.25, 0.3) is 0 Å². The predicted octanol–water partition coefficient (Wildman–Crippen LogP) is 4.86. The summed E-state index contributed by atoms with van der Waals surface area (Å²) in [4.78, 5) is 16.8. The molecule has 0 aromatic heterocycles. The highest BCUT2D eigenvalue weighted by Gasteiger charge is 2.24. The minimum atomic E-state index is -0.699. The van der Waals surface area contributed by atoms with Gasteiger partial charge < -0.3 is 41.7 Å². The molecule has 0 radical (unpaired) electrons. The molecule has 278 valence electrons. The first-order valence-electron chi connectivity index (χ1n) is 18.1. The lowest BCUT2D eigenvalue weighted by Gasteiger charge is -2.27. The Morgan fingerprint density at radius 2 is 1.79 bits per heavy atom. The van der Waals surface area contributed by atoms with E-state index in [2.05, 4.69) is 16.8 Å². The van der Waals surface area contributed by atoms with E-state index >= 15 is 0 Å². The third kappa shape index (κ3) is 10.9. The van der Waals surface area contributed by atoms with Crippen LogP contribution in [0.1, 0.15) is 96.8 Å². The summed E-state index contributed by atoms with van der Waals surface area (Å²) in [6.45, 7) is 0.0138. The molecule has 10 nitrogen and oxygen atoms in total. The van der Waals surface area contributed by atoms with Crippen molar-refractivity contribution in [3.63, 3.8) is 0 Å². The Kier molecular flexibility index (Phi) is 14.0. The van der Waals surface area contributed by atoms with Crippen LogP contribution in [0, 0.1) is 11.8 Å². The summed E-state index contributed by atoms with van der Waals surface area (Å²) in [7, 11) is 0. The minimum absolute atomic E-state index is 0.00598. The quantitative estimate of drug-likeness (QED) is 0.0489. The Hall–Kier alpha value is -5.18. The van der Waals surface area contributed by atoms with E-state index in [1.165, 1.54) is 0 Å². The van der Waals surface area contributed by atoms with Crippen molar-refractivity contribution >= 4 is 11.5 Å². The molecular formula is C43H48N3O7-. The number of carbonyl (C=O) groups excluding carboxylic acids is 1. The Bertz CT molecular complexity index is 1950. The molecule has 8 N–H and O–H groups in total. The largest absolute Gasteiger partial charge is 0.875 e. The lowest BCUT2D eigenvalue weighted by molar-refractivity contribution is -0.307. The monoisotopic (exact) mass is 718 g/mol. The van der Waals surface area contributed by atoms with Crippen molar-refractivity contribution in [2.45, 2.75) is 82.4 Å². The number of hydrogen-bond acceptors (Lipinski definition) is 10. The van der Waals surface area contributed by atoms with Gasteiger partial charge >= 0.3 is 0 Å². The average molecular weight is 719 g/mol. The molecule has 5 rings (SSSR count). The molecule has 1 heterocycles.